The summed E-state index contributed by atoms with van der Waals surface area (Å²) in [6.45, 7) is 4.66. The van der Waals surface area contributed by atoms with Crippen molar-refractivity contribution >= 4 is 23.0 Å². The first-order valence-electron chi connectivity index (χ1n) is 8.67. The molecule has 25 heavy (non-hydrogen) atoms. The number of amides is 1. The number of likely N-dealkylation sites (N-methyl/N-ethyl adjacent to an activating group) is 1. The Bertz CT molecular complexity index is 719. The number of aryl methyl sites for hydroxylation is 1. The van der Waals surface area contributed by atoms with Gasteiger partial charge in [0.1, 0.15) is 11.3 Å². The number of fused-ring (bicyclic) bond motifs is 1. The van der Waals surface area contributed by atoms with Crippen LogP contribution in [0.15, 0.2) is 34.8 Å². The van der Waals surface area contributed by atoms with Crippen molar-refractivity contribution in [3.8, 4) is 0 Å². The van der Waals surface area contributed by atoms with E-state index in [9.17, 15) is 4.79 Å². The second kappa shape index (κ2) is 9.39. The highest BCUT2D eigenvalue weighted by atomic mass is 16.5. The molecular formula is C20H28N2O3. The quantitative estimate of drug-likeness (QED) is 0.656. The summed E-state index contributed by atoms with van der Waals surface area (Å²) in [5.74, 6) is 0.896. The summed E-state index contributed by atoms with van der Waals surface area (Å²) in [6.07, 6.45) is 4.31. The van der Waals surface area contributed by atoms with E-state index in [0.29, 0.717) is 19.7 Å². The average Bonchev–Trinajstić information content (AvgIpc) is 2.97. The maximum absolute atomic E-state index is 12.6. The third kappa shape index (κ3) is 5.18. The Morgan fingerprint density at radius 2 is 1.96 bits per heavy atom. The fourth-order valence-electron chi connectivity index (χ4n) is 2.68. The smallest absolute Gasteiger partial charge is 0.246 e. The zero-order valence-electron chi connectivity index (χ0n) is 15.6. The lowest BCUT2D eigenvalue weighted by molar-refractivity contribution is -0.126. The summed E-state index contributed by atoms with van der Waals surface area (Å²) in [6, 6.07) is 7.92. The second-order valence-corrected chi connectivity index (χ2v) is 6.24. The van der Waals surface area contributed by atoms with Crippen LogP contribution in [0.5, 0.6) is 0 Å². The first-order chi connectivity index (χ1) is 12.1. The molecule has 1 aromatic carbocycles. The van der Waals surface area contributed by atoms with E-state index in [1.165, 1.54) is 0 Å². The number of ether oxygens (including phenoxy) is 1. The minimum atomic E-state index is -0.00812. The summed E-state index contributed by atoms with van der Waals surface area (Å²) in [5.41, 5.74) is 1.85. The van der Waals surface area contributed by atoms with E-state index in [-0.39, 0.29) is 5.91 Å². The molecule has 5 nitrogen and oxygen atoms in total. The van der Waals surface area contributed by atoms with Crippen molar-refractivity contribution < 1.29 is 13.9 Å². The summed E-state index contributed by atoms with van der Waals surface area (Å²) < 4.78 is 11.0. The third-order valence-corrected chi connectivity index (χ3v) is 4.12. The van der Waals surface area contributed by atoms with Gasteiger partial charge < -0.3 is 19.0 Å². The van der Waals surface area contributed by atoms with Crippen molar-refractivity contribution in [2.24, 2.45) is 0 Å². The van der Waals surface area contributed by atoms with Crippen molar-refractivity contribution in [3.63, 3.8) is 0 Å². The molecule has 0 saturated carbocycles. The van der Waals surface area contributed by atoms with Crippen LogP contribution < -0.4 is 0 Å². The molecule has 1 heterocycles. The van der Waals surface area contributed by atoms with Gasteiger partial charge in [0.05, 0.1) is 6.61 Å². The van der Waals surface area contributed by atoms with Gasteiger partial charge >= 0.3 is 0 Å². The predicted octanol–water partition coefficient (Wildman–Crippen LogP) is 3.05. The van der Waals surface area contributed by atoms with Crippen molar-refractivity contribution in [3.05, 3.63) is 41.7 Å². The number of carbonyl (C=O) groups excluding carboxylic acids is 1. The van der Waals surface area contributed by atoms with Gasteiger partial charge in [-0.15, -0.1) is 0 Å². The van der Waals surface area contributed by atoms with Gasteiger partial charge in [-0.3, -0.25) is 4.79 Å². The van der Waals surface area contributed by atoms with Gasteiger partial charge in [0.2, 0.25) is 5.91 Å². The number of furan rings is 1. The zero-order chi connectivity index (χ0) is 18.2. The molecule has 5 heteroatoms. The SMILES string of the molecule is CCc1oc2ccccc2c1/C=C/C(=O)N(CCOC)CCN(C)C. The number of para-hydroxylation sites is 1. The lowest BCUT2D eigenvalue weighted by Gasteiger charge is -2.22. The maximum atomic E-state index is 12.6. The van der Waals surface area contributed by atoms with Crippen molar-refractivity contribution in [2.75, 3.05) is 47.4 Å². The number of hydrogen-bond donors (Lipinski definition) is 0. The lowest BCUT2D eigenvalue weighted by atomic mass is 10.1. The molecule has 1 amide bonds. The Balaban J connectivity index is 2.19. The zero-order valence-corrected chi connectivity index (χ0v) is 15.6. The number of methoxy groups -OCH3 is 1. The molecule has 2 rings (SSSR count). The highest BCUT2D eigenvalue weighted by Crippen LogP contribution is 2.27. The normalized spacial score (nSPS) is 11.7. The van der Waals surface area contributed by atoms with E-state index in [1.807, 2.05) is 49.3 Å². The van der Waals surface area contributed by atoms with Crippen LogP contribution >= 0.6 is 0 Å². The van der Waals surface area contributed by atoms with Crippen LogP contribution in [-0.4, -0.2) is 63.2 Å². The molecule has 136 valence electrons. The van der Waals surface area contributed by atoms with Crippen LogP contribution in [0.1, 0.15) is 18.2 Å². The van der Waals surface area contributed by atoms with E-state index >= 15 is 0 Å². The first-order valence-corrected chi connectivity index (χ1v) is 8.67. The minimum Gasteiger partial charge on any atom is -0.460 e. The molecule has 0 radical (unpaired) electrons. The van der Waals surface area contributed by atoms with Gasteiger partial charge in [0.15, 0.2) is 0 Å². The first kappa shape index (κ1) is 19.2. The van der Waals surface area contributed by atoms with Gasteiger partial charge in [-0.1, -0.05) is 25.1 Å². The van der Waals surface area contributed by atoms with Crippen LogP contribution in [0.25, 0.3) is 17.0 Å². The second-order valence-electron chi connectivity index (χ2n) is 6.24. The molecule has 0 fully saturated rings. The van der Waals surface area contributed by atoms with Gasteiger partial charge in [-0.05, 0) is 26.2 Å². The molecule has 0 aliphatic carbocycles. The predicted molar refractivity (Wildman–Crippen MR) is 102 cm³/mol. The monoisotopic (exact) mass is 344 g/mol. The number of hydrogen-bond acceptors (Lipinski definition) is 4. The molecule has 0 spiro atoms. The Morgan fingerprint density at radius 3 is 2.64 bits per heavy atom. The molecule has 0 bridgehead atoms. The summed E-state index contributed by atoms with van der Waals surface area (Å²) in [4.78, 5) is 16.5. The van der Waals surface area contributed by atoms with Crippen LogP contribution in [0, 0.1) is 0 Å². The fourth-order valence-corrected chi connectivity index (χ4v) is 2.68. The van der Waals surface area contributed by atoms with E-state index in [2.05, 4.69) is 11.8 Å². The highest BCUT2D eigenvalue weighted by Gasteiger charge is 2.13. The highest BCUT2D eigenvalue weighted by molar-refractivity contribution is 5.96. The number of carbonyl (C=O) groups is 1. The Kier molecular flexibility index (Phi) is 7.22. The van der Waals surface area contributed by atoms with E-state index in [0.717, 1.165) is 35.3 Å². The maximum Gasteiger partial charge on any atom is 0.246 e. The van der Waals surface area contributed by atoms with E-state index < -0.39 is 0 Å². The molecule has 0 saturated heterocycles. The van der Waals surface area contributed by atoms with Gasteiger partial charge in [0.25, 0.3) is 0 Å². The van der Waals surface area contributed by atoms with Crippen molar-refractivity contribution in [1.29, 1.82) is 0 Å². The fraction of sp³-hybridized carbons (Fsp3) is 0.450. The van der Waals surface area contributed by atoms with E-state index in [4.69, 9.17) is 9.15 Å². The van der Waals surface area contributed by atoms with E-state index in [1.54, 1.807) is 13.2 Å². The molecule has 0 unspecified atom stereocenters. The minimum absolute atomic E-state index is 0.00812. The van der Waals surface area contributed by atoms with Gasteiger partial charge in [-0.25, -0.2) is 0 Å². The Hall–Kier alpha value is -2.11. The average molecular weight is 344 g/mol. The molecule has 0 atom stereocenters. The molecule has 0 aliphatic rings. The van der Waals surface area contributed by atoms with Crippen LogP contribution in [0.3, 0.4) is 0 Å². The van der Waals surface area contributed by atoms with Crippen molar-refractivity contribution in [1.82, 2.24) is 9.80 Å². The van der Waals surface area contributed by atoms with Crippen molar-refractivity contribution in [2.45, 2.75) is 13.3 Å². The molecule has 1 aromatic heterocycles. The lowest BCUT2D eigenvalue weighted by Crippen LogP contribution is -2.37. The molecular weight excluding hydrogens is 316 g/mol. The topological polar surface area (TPSA) is 45.9 Å². The number of nitrogens with zero attached hydrogens (tertiary/aromatic N) is 2. The largest absolute Gasteiger partial charge is 0.460 e. The Morgan fingerprint density at radius 1 is 1.20 bits per heavy atom. The van der Waals surface area contributed by atoms with Crippen LogP contribution in [-0.2, 0) is 16.0 Å². The summed E-state index contributed by atoms with van der Waals surface area (Å²) >= 11 is 0. The summed E-state index contributed by atoms with van der Waals surface area (Å²) in [5, 5.41) is 1.04. The van der Waals surface area contributed by atoms with Crippen LogP contribution in [0.2, 0.25) is 0 Å². The standard InChI is InChI=1S/C20H28N2O3/c1-5-18-17(16-8-6-7-9-19(16)25-18)10-11-20(23)22(14-15-24-4)13-12-21(2)3/h6-11H,5,12-15H2,1-4H3/b11-10+. The molecule has 0 N–H and O–H groups in total. The van der Waals surface area contributed by atoms with Gasteiger partial charge in [-0.2, -0.15) is 0 Å². The van der Waals surface area contributed by atoms with Crippen LogP contribution in [0.4, 0.5) is 0 Å². The Labute approximate surface area is 149 Å². The summed E-state index contributed by atoms with van der Waals surface area (Å²) in [7, 11) is 5.65. The molecule has 2 aromatic rings. The third-order valence-electron chi connectivity index (χ3n) is 4.12. The number of benzene rings is 1. The van der Waals surface area contributed by atoms with Gasteiger partial charge in [0, 0.05) is 50.2 Å². The number of rotatable bonds is 9. The molecule has 0 aliphatic heterocycles.